The molecule has 0 saturated heterocycles. The molecule has 2 rings (SSSR count). The SMILES string of the molecule is C.C.C1CCC(CC2CCCCC2)CC1.N=C=O.N=C=O. The lowest BCUT2D eigenvalue weighted by molar-refractivity contribution is 0.244. The highest BCUT2D eigenvalue weighted by Crippen LogP contribution is 2.34. The summed E-state index contributed by atoms with van der Waals surface area (Å²) in [6.07, 6.45) is 18.4. The molecule has 0 amide bonds. The molecule has 0 radical (unpaired) electrons. The van der Waals surface area contributed by atoms with Crippen LogP contribution >= 0.6 is 0 Å². The number of hydrogen-bond acceptors (Lipinski definition) is 4. The van der Waals surface area contributed by atoms with Gasteiger partial charge in [-0.2, -0.15) is 0 Å². The second-order valence-electron chi connectivity index (χ2n) is 5.45. The van der Waals surface area contributed by atoms with Gasteiger partial charge < -0.3 is 0 Å². The van der Waals surface area contributed by atoms with Crippen LogP contribution in [0.5, 0.6) is 0 Å². The molecule has 124 valence electrons. The fourth-order valence-corrected chi connectivity index (χ4v) is 3.32. The zero-order valence-corrected chi connectivity index (χ0v) is 11.7. The Morgan fingerprint density at radius 3 is 1.14 bits per heavy atom. The summed E-state index contributed by atoms with van der Waals surface area (Å²) in [7, 11) is 0. The molecule has 2 fully saturated rings. The Kier molecular flexibility index (Phi) is 22.1. The Labute approximate surface area is 130 Å². The van der Waals surface area contributed by atoms with E-state index in [-0.39, 0.29) is 14.9 Å². The molecule has 0 atom stereocenters. The molecular weight excluding hydrogens is 264 g/mol. The molecule has 2 aliphatic rings. The molecule has 0 heterocycles. The van der Waals surface area contributed by atoms with E-state index < -0.39 is 0 Å². The predicted octanol–water partition coefficient (Wildman–Crippen LogP) is 5.61. The minimum Gasteiger partial charge on any atom is -0.222 e. The van der Waals surface area contributed by atoms with Crippen molar-refractivity contribution in [2.75, 3.05) is 0 Å². The number of carbonyl (C=O) groups excluding carboxylic acids is 2. The van der Waals surface area contributed by atoms with E-state index in [1.165, 1.54) is 38.5 Å². The standard InChI is InChI=1S/C13H24.2CHNO.2CH4/c1-3-7-12(8-4-1)11-13-9-5-2-6-10-13;2*2-1-3;;/h12-13H,1-11H2;2*2H;2*1H4. The minimum absolute atomic E-state index is 0. The van der Waals surface area contributed by atoms with Gasteiger partial charge in [0, 0.05) is 0 Å². The van der Waals surface area contributed by atoms with Crippen LogP contribution in [0.25, 0.3) is 0 Å². The molecule has 0 aromatic rings. The Morgan fingerprint density at radius 1 is 0.667 bits per heavy atom. The lowest BCUT2D eigenvalue weighted by Gasteiger charge is -2.28. The van der Waals surface area contributed by atoms with Crippen molar-refractivity contribution in [2.24, 2.45) is 11.8 Å². The first-order valence-corrected chi connectivity index (χ1v) is 7.36. The van der Waals surface area contributed by atoms with Crippen LogP contribution < -0.4 is 0 Å². The van der Waals surface area contributed by atoms with Gasteiger partial charge in [0.15, 0.2) is 0 Å². The molecule has 2 saturated carbocycles. The number of rotatable bonds is 2. The monoisotopic (exact) mass is 298 g/mol. The van der Waals surface area contributed by atoms with Crippen molar-refractivity contribution in [2.45, 2.75) is 85.5 Å². The molecule has 0 aliphatic heterocycles. The summed E-state index contributed by atoms with van der Waals surface area (Å²) in [5.41, 5.74) is 0. The van der Waals surface area contributed by atoms with Crippen molar-refractivity contribution in [3.05, 3.63) is 0 Å². The smallest absolute Gasteiger partial charge is 0.222 e. The third-order valence-corrected chi connectivity index (χ3v) is 4.12. The van der Waals surface area contributed by atoms with Crippen LogP contribution in [0.15, 0.2) is 0 Å². The molecular formula is C17H34N2O2. The van der Waals surface area contributed by atoms with Gasteiger partial charge in [-0.05, 0) is 18.3 Å². The molecule has 0 bridgehead atoms. The first kappa shape index (κ1) is 24.8. The molecule has 2 aliphatic carbocycles. The average Bonchev–Trinajstić information content (AvgIpc) is 2.43. The van der Waals surface area contributed by atoms with Crippen LogP contribution in [0.3, 0.4) is 0 Å². The van der Waals surface area contributed by atoms with Gasteiger partial charge in [0.1, 0.15) is 0 Å². The van der Waals surface area contributed by atoms with E-state index in [1.807, 2.05) is 0 Å². The molecule has 4 nitrogen and oxygen atoms in total. The van der Waals surface area contributed by atoms with E-state index in [0.717, 1.165) is 24.0 Å². The van der Waals surface area contributed by atoms with Gasteiger partial charge in [-0.3, -0.25) is 0 Å². The molecule has 21 heavy (non-hydrogen) atoms. The van der Waals surface area contributed by atoms with Crippen molar-refractivity contribution < 1.29 is 9.59 Å². The van der Waals surface area contributed by atoms with Gasteiger partial charge in [-0.15, -0.1) is 0 Å². The number of hydrogen-bond donors (Lipinski definition) is 2. The maximum atomic E-state index is 8.35. The lowest BCUT2D eigenvalue weighted by atomic mass is 9.78. The van der Waals surface area contributed by atoms with Gasteiger partial charge in [0.2, 0.25) is 12.2 Å². The van der Waals surface area contributed by atoms with Crippen molar-refractivity contribution in [3.63, 3.8) is 0 Å². The quantitative estimate of drug-likeness (QED) is 0.513. The zero-order valence-electron chi connectivity index (χ0n) is 11.7. The zero-order chi connectivity index (χ0) is 14.3. The van der Waals surface area contributed by atoms with Crippen molar-refractivity contribution >= 4 is 12.2 Å². The Balaban J connectivity index is -0.000000355. The summed E-state index contributed by atoms with van der Waals surface area (Å²) in [5, 5.41) is 10.8. The highest BCUT2D eigenvalue weighted by molar-refractivity contribution is 5.26. The van der Waals surface area contributed by atoms with E-state index in [0.29, 0.717) is 0 Å². The lowest BCUT2D eigenvalue weighted by Crippen LogP contribution is -2.14. The van der Waals surface area contributed by atoms with Crippen LogP contribution in [0, 0.1) is 22.7 Å². The summed E-state index contributed by atoms with van der Waals surface area (Å²) in [6.45, 7) is 0. The van der Waals surface area contributed by atoms with Crippen LogP contribution in [0.1, 0.15) is 85.5 Å². The van der Waals surface area contributed by atoms with Gasteiger partial charge in [0.05, 0.1) is 0 Å². The summed E-state index contributed by atoms with van der Waals surface area (Å²) >= 11 is 0. The molecule has 4 heteroatoms. The Hall–Kier alpha value is -1.24. The average molecular weight is 298 g/mol. The Bertz CT molecular complexity index is 241. The molecule has 2 N–H and O–H groups in total. The third kappa shape index (κ3) is 15.0. The van der Waals surface area contributed by atoms with Gasteiger partial charge in [-0.25, -0.2) is 20.4 Å². The van der Waals surface area contributed by atoms with Crippen LogP contribution in [-0.4, -0.2) is 12.2 Å². The minimum atomic E-state index is 0. The second kappa shape index (κ2) is 18.8. The van der Waals surface area contributed by atoms with Crippen molar-refractivity contribution in [1.29, 1.82) is 10.8 Å². The molecule has 0 aromatic carbocycles. The molecule has 0 spiro atoms. The largest absolute Gasteiger partial charge is 0.231 e. The highest BCUT2D eigenvalue weighted by atomic mass is 16.1. The van der Waals surface area contributed by atoms with E-state index in [9.17, 15) is 0 Å². The summed E-state index contributed by atoms with van der Waals surface area (Å²) < 4.78 is 0. The van der Waals surface area contributed by atoms with Crippen LogP contribution in [0.2, 0.25) is 0 Å². The first-order valence-electron chi connectivity index (χ1n) is 7.36. The Morgan fingerprint density at radius 2 is 0.905 bits per heavy atom. The van der Waals surface area contributed by atoms with E-state index in [4.69, 9.17) is 20.4 Å². The summed E-state index contributed by atoms with van der Waals surface area (Å²) in [5.74, 6) is 2.24. The van der Waals surface area contributed by atoms with E-state index >= 15 is 0 Å². The third-order valence-electron chi connectivity index (χ3n) is 4.12. The van der Waals surface area contributed by atoms with Crippen molar-refractivity contribution in [1.82, 2.24) is 0 Å². The van der Waals surface area contributed by atoms with Gasteiger partial charge >= 0.3 is 0 Å². The van der Waals surface area contributed by atoms with Gasteiger partial charge in [0.25, 0.3) is 0 Å². The summed E-state index contributed by atoms with van der Waals surface area (Å²) in [4.78, 5) is 16.7. The summed E-state index contributed by atoms with van der Waals surface area (Å²) in [6, 6.07) is 0. The van der Waals surface area contributed by atoms with E-state index in [2.05, 4.69) is 0 Å². The van der Waals surface area contributed by atoms with Gasteiger partial charge in [-0.1, -0.05) is 79.1 Å². The first-order chi connectivity index (χ1) is 9.28. The van der Waals surface area contributed by atoms with E-state index in [1.54, 1.807) is 32.1 Å². The topological polar surface area (TPSA) is 81.8 Å². The fourth-order valence-electron chi connectivity index (χ4n) is 3.32. The van der Waals surface area contributed by atoms with Crippen molar-refractivity contribution in [3.8, 4) is 0 Å². The predicted molar refractivity (Wildman–Crippen MR) is 88.1 cm³/mol. The maximum Gasteiger partial charge on any atom is 0.231 e. The number of nitrogens with one attached hydrogen (secondary N) is 2. The van der Waals surface area contributed by atoms with Crippen LogP contribution in [-0.2, 0) is 9.59 Å². The second-order valence-corrected chi connectivity index (χ2v) is 5.45. The maximum absolute atomic E-state index is 8.35. The molecule has 0 unspecified atom stereocenters. The van der Waals surface area contributed by atoms with Crippen LogP contribution in [0.4, 0.5) is 0 Å². The molecule has 0 aromatic heterocycles. The highest BCUT2D eigenvalue weighted by Gasteiger charge is 2.20. The normalized spacial score (nSPS) is 17.9. The fraction of sp³-hybridized carbons (Fsp3) is 0.882. The number of isocyanates is 2.